The smallest absolute Gasteiger partial charge is 0.263 e. The van der Waals surface area contributed by atoms with Crippen molar-refractivity contribution in [2.75, 3.05) is 0 Å². The molecule has 4 heteroatoms. The third-order valence-electron chi connectivity index (χ3n) is 5.44. The second-order valence-corrected chi connectivity index (χ2v) is 7.97. The summed E-state index contributed by atoms with van der Waals surface area (Å²) in [4.78, 5) is 12.6. The molecule has 0 aromatic heterocycles. The number of hydrogen-bond acceptors (Lipinski definition) is 3. The lowest BCUT2D eigenvalue weighted by Crippen LogP contribution is -2.36. The summed E-state index contributed by atoms with van der Waals surface area (Å²) in [5.41, 5.74) is 2.48. The van der Waals surface area contributed by atoms with Gasteiger partial charge in [0.05, 0.1) is 0 Å². The van der Waals surface area contributed by atoms with Crippen molar-refractivity contribution in [3.05, 3.63) is 47.2 Å². The van der Waals surface area contributed by atoms with E-state index in [0.29, 0.717) is 6.54 Å². The van der Waals surface area contributed by atoms with Gasteiger partial charge in [0, 0.05) is 18.8 Å². The fraction of sp³-hybridized carbons (Fsp3) is 0.583. The Kier molecular flexibility index (Phi) is 10.2. The maximum atomic E-state index is 12.6. The van der Waals surface area contributed by atoms with Gasteiger partial charge in [-0.1, -0.05) is 87.6 Å². The van der Waals surface area contributed by atoms with Crippen LogP contribution in [0.25, 0.3) is 0 Å². The number of aryl methyl sites for hydroxylation is 1. The Morgan fingerprint density at radius 3 is 2.25 bits per heavy atom. The minimum atomic E-state index is -0.253. The van der Waals surface area contributed by atoms with Gasteiger partial charge in [0.1, 0.15) is 11.6 Å². The minimum Gasteiger partial charge on any atom is -0.386 e. The lowest BCUT2D eigenvalue weighted by molar-refractivity contribution is -0.117. The van der Waals surface area contributed by atoms with Gasteiger partial charge >= 0.3 is 0 Å². The highest BCUT2D eigenvalue weighted by Crippen LogP contribution is 2.17. The van der Waals surface area contributed by atoms with E-state index >= 15 is 0 Å². The molecule has 2 N–H and O–H groups in total. The zero-order valence-electron chi connectivity index (χ0n) is 17.3. The molecule has 1 amide bonds. The Balaban J connectivity index is 1.86. The minimum absolute atomic E-state index is 0.152. The zero-order chi connectivity index (χ0) is 20.0. The first kappa shape index (κ1) is 22.0. The van der Waals surface area contributed by atoms with Gasteiger partial charge in [-0.2, -0.15) is 5.26 Å². The molecule has 152 valence electrons. The van der Waals surface area contributed by atoms with E-state index in [2.05, 4.69) is 29.7 Å². The molecule has 1 aromatic rings. The third-order valence-corrected chi connectivity index (χ3v) is 5.44. The number of rotatable bonds is 5. The van der Waals surface area contributed by atoms with Gasteiger partial charge in [0.2, 0.25) is 0 Å². The number of nitrogens with zero attached hydrogens (tertiary/aromatic N) is 1. The van der Waals surface area contributed by atoms with E-state index in [1.807, 2.05) is 18.2 Å². The molecular weight excluding hydrogens is 346 g/mol. The molecule has 0 aliphatic heterocycles. The SMILES string of the molecule is Cc1cccc(CN/C=C(/C#N)C(=O)NC2CCCCCCCCCCC2)c1. The van der Waals surface area contributed by atoms with E-state index in [1.54, 1.807) is 6.20 Å². The van der Waals surface area contributed by atoms with Gasteiger partial charge in [-0.05, 0) is 25.3 Å². The molecule has 0 spiro atoms. The molecule has 4 nitrogen and oxygen atoms in total. The molecule has 0 bridgehead atoms. The van der Waals surface area contributed by atoms with Crippen LogP contribution in [0.1, 0.15) is 81.8 Å². The fourth-order valence-corrected chi connectivity index (χ4v) is 3.81. The second-order valence-electron chi connectivity index (χ2n) is 7.97. The van der Waals surface area contributed by atoms with Crippen LogP contribution in [-0.4, -0.2) is 11.9 Å². The molecule has 1 aromatic carbocycles. The van der Waals surface area contributed by atoms with Crippen molar-refractivity contribution < 1.29 is 4.79 Å². The van der Waals surface area contributed by atoms with Crippen molar-refractivity contribution in [3.8, 4) is 6.07 Å². The molecule has 0 saturated heterocycles. The van der Waals surface area contributed by atoms with Gasteiger partial charge in [0.15, 0.2) is 0 Å². The topological polar surface area (TPSA) is 64.9 Å². The van der Waals surface area contributed by atoms with Crippen LogP contribution in [0.3, 0.4) is 0 Å². The lowest BCUT2D eigenvalue weighted by atomic mass is 9.98. The van der Waals surface area contributed by atoms with Gasteiger partial charge in [-0.3, -0.25) is 4.79 Å². The van der Waals surface area contributed by atoms with Crippen LogP contribution in [0.5, 0.6) is 0 Å². The number of benzene rings is 1. The molecule has 0 heterocycles. The monoisotopic (exact) mass is 381 g/mol. The molecule has 1 aliphatic carbocycles. The molecule has 1 saturated carbocycles. The summed E-state index contributed by atoms with van der Waals surface area (Å²) in [6.45, 7) is 2.65. The average Bonchev–Trinajstić information content (AvgIpc) is 2.67. The largest absolute Gasteiger partial charge is 0.386 e. The normalized spacial score (nSPS) is 17.6. The number of hydrogen-bond donors (Lipinski definition) is 2. The predicted octanol–water partition coefficient (Wildman–Crippen LogP) is 5.28. The van der Waals surface area contributed by atoms with E-state index in [1.165, 1.54) is 50.5 Å². The first-order valence-electron chi connectivity index (χ1n) is 10.9. The Hall–Kier alpha value is -2.28. The summed E-state index contributed by atoms with van der Waals surface area (Å²) < 4.78 is 0. The highest BCUT2D eigenvalue weighted by molar-refractivity contribution is 5.97. The molecule has 1 fully saturated rings. The van der Waals surface area contributed by atoms with Crippen LogP contribution in [0.4, 0.5) is 0 Å². The van der Waals surface area contributed by atoms with Crippen LogP contribution >= 0.6 is 0 Å². The van der Waals surface area contributed by atoms with Crippen molar-refractivity contribution in [1.29, 1.82) is 5.26 Å². The van der Waals surface area contributed by atoms with E-state index in [4.69, 9.17) is 0 Å². The first-order valence-corrected chi connectivity index (χ1v) is 10.9. The van der Waals surface area contributed by atoms with E-state index in [9.17, 15) is 10.1 Å². The van der Waals surface area contributed by atoms with E-state index < -0.39 is 0 Å². The van der Waals surface area contributed by atoms with Crippen molar-refractivity contribution in [2.45, 2.75) is 90.1 Å². The summed E-state index contributed by atoms with van der Waals surface area (Å²) in [7, 11) is 0. The zero-order valence-corrected chi connectivity index (χ0v) is 17.3. The summed E-state index contributed by atoms with van der Waals surface area (Å²) in [5.74, 6) is -0.253. The summed E-state index contributed by atoms with van der Waals surface area (Å²) in [5, 5.41) is 15.6. The molecule has 28 heavy (non-hydrogen) atoms. The molecule has 1 aliphatic rings. The number of carbonyl (C=O) groups excluding carboxylic acids is 1. The highest BCUT2D eigenvalue weighted by atomic mass is 16.1. The molecular formula is C24H35N3O. The summed E-state index contributed by atoms with van der Waals surface area (Å²) in [6.07, 6.45) is 15.0. The van der Waals surface area contributed by atoms with Crippen LogP contribution in [-0.2, 0) is 11.3 Å². The maximum Gasteiger partial charge on any atom is 0.263 e. The third kappa shape index (κ3) is 8.61. The Morgan fingerprint density at radius 2 is 1.68 bits per heavy atom. The lowest BCUT2D eigenvalue weighted by Gasteiger charge is -2.19. The first-order chi connectivity index (χ1) is 13.7. The highest BCUT2D eigenvalue weighted by Gasteiger charge is 2.15. The molecule has 0 atom stereocenters. The second kappa shape index (κ2) is 13.0. The molecule has 0 radical (unpaired) electrons. The van der Waals surface area contributed by atoms with E-state index in [-0.39, 0.29) is 17.5 Å². The van der Waals surface area contributed by atoms with Crippen molar-refractivity contribution in [1.82, 2.24) is 10.6 Å². The average molecular weight is 382 g/mol. The number of carbonyl (C=O) groups is 1. The van der Waals surface area contributed by atoms with Crippen molar-refractivity contribution >= 4 is 5.91 Å². The maximum absolute atomic E-state index is 12.6. The summed E-state index contributed by atoms with van der Waals surface area (Å²) >= 11 is 0. The van der Waals surface area contributed by atoms with Crippen LogP contribution < -0.4 is 10.6 Å². The van der Waals surface area contributed by atoms with Gasteiger partial charge in [0.25, 0.3) is 5.91 Å². The van der Waals surface area contributed by atoms with Crippen LogP contribution in [0.15, 0.2) is 36.0 Å². The Morgan fingerprint density at radius 1 is 1.07 bits per heavy atom. The predicted molar refractivity (Wildman–Crippen MR) is 114 cm³/mol. The summed E-state index contributed by atoms with van der Waals surface area (Å²) in [6, 6.07) is 10.4. The van der Waals surface area contributed by atoms with Crippen LogP contribution in [0.2, 0.25) is 0 Å². The fourth-order valence-electron chi connectivity index (χ4n) is 3.81. The van der Waals surface area contributed by atoms with Crippen molar-refractivity contribution in [3.63, 3.8) is 0 Å². The van der Waals surface area contributed by atoms with Crippen LogP contribution in [0, 0.1) is 18.3 Å². The Labute approximate surface area is 170 Å². The number of nitrogens with one attached hydrogen (secondary N) is 2. The van der Waals surface area contributed by atoms with Crippen molar-refractivity contribution in [2.24, 2.45) is 0 Å². The molecule has 0 unspecified atom stereocenters. The Bertz CT molecular complexity index is 663. The van der Waals surface area contributed by atoms with Gasteiger partial charge in [-0.25, -0.2) is 0 Å². The van der Waals surface area contributed by atoms with Gasteiger partial charge in [-0.15, -0.1) is 0 Å². The number of nitriles is 1. The quantitative estimate of drug-likeness (QED) is 0.538. The van der Waals surface area contributed by atoms with E-state index in [0.717, 1.165) is 31.2 Å². The molecule has 2 rings (SSSR count). The number of amides is 1. The standard InChI is InChI=1S/C24H35N3O/c1-20-12-11-13-21(16-20)18-26-19-22(17-25)24(28)27-23-14-9-7-5-3-2-4-6-8-10-15-23/h11-13,16,19,23,26H,2-10,14-15,18H2,1H3,(H,27,28)/b22-19-. The van der Waals surface area contributed by atoms with Gasteiger partial charge < -0.3 is 10.6 Å².